The van der Waals surface area contributed by atoms with E-state index in [0.717, 1.165) is 4.90 Å². The summed E-state index contributed by atoms with van der Waals surface area (Å²) >= 11 is 0. The number of hydrogen-bond acceptors (Lipinski definition) is 2. The van der Waals surface area contributed by atoms with Crippen molar-refractivity contribution in [2.75, 3.05) is 26.7 Å². The predicted octanol–water partition coefficient (Wildman–Crippen LogP) is 1.63. The third-order valence-electron chi connectivity index (χ3n) is 2.65. The van der Waals surface area contributed by atoms with Crippen molar-refractivity contribution >= 4 is 0 Å². The molecule has 1 saturated heterocycles. The van der Waals surface area contributed by atoms with Gasteiger partial charge in [-0.2, -0.15) is 26.3 Å². The van der Waals surface area contributed by atoms with Gasteiger partial charge in [-0.05, 0) is 7.05 Å². The molecule has 96 valence electrons. The Labute approximate surface area is 88.6 Å². The highest BCUT2D eigenvalue weighted by Crippen LogP contribution is 2.42. The van der Waals surface area contributed by atoms with Crippen molar-refractivity contribution in [1.29, 1.82) is 0 Å². The van der Waals surface area contributed by atoms with Crippen molar-refractivity contribution in [2.45, 2.75) is 18.4 Å². The molecule has 1 fully saturated rings. The van der Waals surface area contributed by atoms with Crippen LogP contribution in [0, 0.1) is 5.92 Å². The summed E-state index contributed by atoms with van der Waals surface area (Å²) in [5.74, 6) is -3.29. The Balaban J connectivity index is 2.92. The third kappa shape index (κ3) is 3.00. The van der Waals surface area contributed by atoms with Crippen LogP contribution in [0.3, 0.4) is 0 Å². The Morgan fingerprint density at radius 1 is 1.12 bits per heavy atom. The topological polar surface area (TPSA) is 15.3 Å². The van der Waals surface area contributed by atoms with Gasteiger partial charge in [0.15, 0.2) is 5.92 Å². The van der Waals surface area contributed by atoms with E-state index in [4.69, 9.17) is 0 Å². The lowest BCUT2D eigenvalue weighted by Crippen LogP contribution is -2.59. The number of nitrogens with zero attached hydrogens (tertiary/aromatic N) is 1. The molecule has 1 heterocycles. The van der Waals surface area contributed by atoms with Gasteiger partial charge in [-0.1, -0.05) is 0 Å². The molecule has 0 spiro atoms. The number of piperazine rings is 1. The van der Waals surface area contributed by atoms with Crippen LogP contribution in [0.4, 0.5) is 26.3 Å². The maximum atomic E-state index is 12.4. The number of nitrogens with one attached hydrogen (secondary N) is 1. The quantitative estimate of drug-likeness (QED) is 0.711. The van der Waals surface area contributed by atoms with Gasteiger partial charge in [0.25, 0.3) is 0 Å². The van der Waals surface area contributed by atoms with Crippen LogP contribution in [0.1, 0.15) is 0 Å². The van der Waals surface area contributed by atoms with Gasteiger partial charge in [-0.15, -0.1) is 0 Å². The Kier molecular flexibility index (Phi) is 3.73. The van der Waals surface area contributed by atoms with E-state index < -0.39 is 24.3 Å². The fourth-order valence-corrected chi connectivity index (χ4v) is 1.82. The van der Waals surface area contributed by atoms with Gasteiger partial charge in [0.2, 0.25) is 0 Å². The van der Waals surface area contributed by atoms with Crippen molar-refractivity contribution in [2.24, 2.45) is 5.92 Å². The molecule has 1 unspecified atom stereocenters. The monoisotopic (exact) mass is 250 g/mol. The van der Waals surface area contributed by atoms with Crippen LogP contribution in [0.5, 0.6) is 0 Å². The van der Waals surface area contributed by atoms with E-state index in [1.54, 1.807) is 0 Å². The molecular weight excluding hydrogens is 238 g/mol. The smallest absolute Gasteiger partial charge is 0.314 e. The molecule has 0 saturated carbocycles. The van der Waals surface area contributed by atoms with Crippen molar-refractivity contribution < 1.29 is 26.3 Å². The zero-order valence-corrected chi connectivity index (χ0v) is 8.49. The molecule has 2 nitrogen and oxygen atoms in total. The van der Waals surface area contributed by atoms with Gasteiger partial charge in [-0.3, -0.25) is 4.90 Å². The minimum atomic E-state index is -5.27. The van der Waals surface area contributed by atoms with E-state index in [1.165, 1.54) is 7.05 Å². The molecule has 0 amide bonds. The number of rotatable bonds is 1. The van der Waals surface area contributed by atoms with Gasteiger partial charge in [0, 0.05) is 25.7 Å². The van der Waals surface area contributed by atoms with Crippen LogP contribution in [0.15, 0.2) is 0 Å². The van der Waals surface area contributed by atoms with Crippen LogP contribution in [-0.4, -0.2) is 50.0 Å². The van der Waals surface area contributed by atoms with E-state index >= 15 is 0 Å². The van der Waals surface area contributed by atoms with Gasteiger partial charge in [0.05, 0.1) is 0 Å². The first-order valence-corrected chi connectivity index (χ1v) is 4.68. The zero-order valence-electron chi connectivity index (χ0n) is 8.49. The highest BCUT2D eigenvalue weighted by atomic mass is 19.4. The SMILES string of the molecule is CN1CCNCC1C(C(F)(F)F)C(F)(F)F. The minimum Gasteiger partial charge on any atom is -0.314 e. The van der Waals surface area contributed by atoms with E-state index in [2.05, 4.69) is 5.32 Å². The third-order valence-corrected chi connectivity index (χ3v) is 2.65. The van der Waals surface area contributed by atoms with Crippen molar-refractivity contribution in [1.82, 2.24) is 10.2 Å². The van der Waals surface area contributed by atoms with E-state index in [1.807, 2.05) is 0 Å². The fourth-order valence-electron chi connectivity index (χ4n) is 1.82. The molecule has 1 aliphatic heterocycles. The Hall–Kier alpha value is -0.500. The Bertz CT molecular complexity index is 222. The molecule has 0 aromatic carbocycles. The average Bonchev–Trinajstić information content (AvgIpc) is 2.03. The molecule has 8 heteroatoms. The average molecular weight is 250 g/mol. The minimum absolute atomic E-state index is 0.174. The number of likely N-dealkylation sites (N-methyl/N-ethyl adjacent to an activating group) is 1. The second-order valence-electron chi connectivity index (χ2n) is 3.81. The predicted molar refractivity (Wildman–Crippen MR) is 44.9 cm³/mol. The van der Waals surface area contributed by atoms with Crippen molar-refractivity contribution in [3.05, 3.63) is 0 Å². The lowest BCUT2D eigenvalue weighted by atomic mass is 9.95. The molecular formula is C8H12F6N2. The fraction of sp³-hybridized carbons (Fsp3) is 1.00. The number of halogens is 6. The molecule has 1 aliphatic rings. The summed E-state index contributed by atoms with van der Waals surface area (Å²) in [5, 5.41) is 2.55. The van der Waals surface area contributed by atoms with Crippen LogP contribution in [0.2, 0.25) is 0 Å². The first kappa shape index (κ1) is 13.6. The molecule has 0 aromatic heterocycles. The summed E-state index contributed by atoms with van der Waals surface area (Å²) < 4.78 is 74.4. The van der Waals surface area contributed by atoms with Crippen LogP contribution >= 0.6 is 0 Å². The highest BCUT2D eigenvalue weighted by molar-refractivity contribution is 4.91. The second-order valence-corrected chi connectivity index (χ2v) is 3.81. The largest absolute Gasteiger partial charge is 0.402 e. The zero-order chi connectivity index (χ0) is 12.6. The summed E-state index contributed by atoms with van der Waals surface area (Å²) in [5.41, 5.74) is 0. The van der Waals surface area contributed by atoms with Crippen LogP contribution < -0.4 is 5.32 Å². The lowest BCUT2D eigenvalue weighted by molar-refractivity contribution is -0.299. The normalized spacial score (nSPS) is 25.1. The Morgan fingerprint density at radius 3 is 2.00 bits per heavy atom. The van der Waals surface area contributed by atoms with Gasteiger partial charge in [-0.25, -0.2) is 0 Å². The van der Waals surface area contributed by atoms with Gasteiger partial charge >= 0.3 is 12.4 Å². The highest BCUT2D eigenvalue weighted by Gasteiger charge is 2.61. The summed E-state index contributed by atoms with van der Waals surface area (Å²) in [4.78, 5) is 1.10. The first-order valence-electron chi connectivity index (χ1n) is 4.68. The molecule has 16 heavy (non-hydrogen) atoms. The molecule has 0 radical (unpaired) electrons. The van der Waals surface area contributed by atoms with Crippen LogP contribution in [0.25, 0.3) is 0 Å². The molecule has 0 aromatic rings. The van der Waals surface area contributed by atoms with Crippen molar-refractivity contribution in [3.63, 3.8) is 0 Å². The lowest BCUT2D eigenvalue weighted by Gasteiger charge is -2.39. The van der Waals surface area contributed by atoms with E-state index in [9.17, 15) is 26.3 Å². The van der Waals surface area contributed by atoms with E-state index in [-0.39, 0.29) is 13.1 Å². The number of hydrogen-bond donors (Lipinski definition) is 1. The molecule has 0 bridgehead atoms. The maximum Gasteiger partial charge on any atom is 0.402 e. The van der Waals surface area contributed by atoms with Gasteiger partial charge in [0.1, 0.15) is 0 Å². The number of alkyl halides is 6. The van der Waals surface area contributed by atoms with Gasteiger partial charge < -0.3 is 5.32 Å². The standard InChI is InChI=1S/C8H12F6N2/c1-16-3-2-15-4-5(16)6(7(9,10)11)8(12,13)14/h5-6,15H,2-4H2,1H3. The molecule has 1 N–H and O–H groups in total. The van der Waals surface area contributed by atoms with Crippen molar-refractivity contribution in [3.8, 4) is 0 Å². The Morgan fingerprint density at radius 2 is 1.62 bits per heavy atom. The maximum absolute atomic E-state index is 12.4. The molecule has 0 aliphatic carbocycles. The molecule has 1 rings (SSSR count). The second kappa shape index (κ2) is 4.40. The summed E-state index contributed by atoms with van der Waals surface area (Å²) in [7, 11) is 1.27. The summed E-state index contributed by atoms with van der Waals surface area (Å²) in [6.45, 7) is 0.267. The van der Waals surface area contributed by atoms with E-state index in [0.29, 0.717) is 6.54 Å². The molecule has 1 atom stereocenters. The summed E-state index contributed by atoms with van der Waals surface area (Å²) in [6, 6.07) is -1.59. The summed E-state index contributed by atoms with van der Waals surface area (Å²) in [6.07, 6.45) is -10.5. The van der Waals surface area contributed by atoms with Crippen LogP contribution in [-0.2, 0) is 0 Å². The first-order chi connectivity index (χ1) is 7.14.